The van der Waals surface area contributed by atoms with Gasteiger partial charge in [-0.15, -0.1) is 0 Å². The van der Waals surface area contributed by atoms with Crippen molar-refractivity contribution < 1.29 is 9.84 Å². The molecule has 0 unspecified atom stereocenters. The second-order valence-corrected chi connectivity index (χ2v) is 5.80. The molecule has 0 fully saturated rings. The Balaban J connectivity index is 2.59. The SMILES string of the molecule is CC(C)CC[C@H](O)[C@H](N)c1ccc(OC(C)C)cc1. The maximum atomic E-state index is 10.1. The molecule has 3 N–H and O–H groups in total. The summed E-state index contributed by atoms with van der Waals surface area (Å²) in [5.74, 6) is 1.42. The van der Waals surface area contributed by atoms with E-state index < -0.39 is 6.10 Å². The maximum absolute atomic E-state index is 10.1. The lowest BCUT2D eigenvalue weighted by Crippen LogP contribution is -2.26. The van der Waals surface area contributed by atoms with Gasteiger partial charge >= 0.3 is 0 Å². The molecule has 108 valence electrons. The van der Waals surface area contributed by atoms with Gasteiger partial charge in [0.05, 0.1) is 18.2 Å². The van der Waals surface area contributed by atoms with Gasteiger partial charge in [-0.2, -0.15) is 0 Å². The molecule has 0 saturated heterocycles. The number of aliphatic hydroxyl groups excluding tert-OH is 1. The quantitative estimate of drug-likeness (QED) is 0.795. The molecule has 3 nitrogen and oxygen atoms in total. The summed E-state index contributed by atoms with van der Waals surface area (Å²) < 4.78 is 5.59. The predicted octanol–water partition coefficient (Wildman–Crippen LogP) is 3.27. The molecule has 19 heavy (non-hydrogen) atoms. The van der Waals surface area contributed by atoms with Crippen molar-refractivity contribution in [2.75, 3.05) is 0 Å². The lowest BCUT2D eigenvalue weighted by molar-refractivity contribution is 0.128. The molecule has 0 bridgehead atoms. The number of aliphatic hydroxyl groups is 1. The fourth-order valence-corrected chi connectivity index (χ4v) is 1.95. The highest BCUT2D eigenvalue weighted by Crippen LogP contribution is 2.22. The van der Waals surface area contributed by atoms with Gasteiger partial charge in [0.15, 0.2) is 0 Å². The number of rotatable bonds is 7. The average molecular weight is 265 g/mol. The van der Waals surface area contributed by atoms with E-state index in [-0.39, 0.29) is 12.1 Å². The van der Waals surface area contributed by atoms with Crippen LogP contribution in [0.25, 0.3) is 0 Å². The highest BCUT2D eigenvalue weighted by Gasteiger charge is 2.17. The van der Waals surface area contributed by atoms with Crippen molar-refractivity contribution in [2.45, 2.75) is 58.8 Å². The van der Waals surface area contributed by atoms with Crippen molar-refractivity contribution in [3.63, 3.8) is 0 Å². The van der Waals surface area contributed by atoms with Crippen LogP contribution < -0.4 is 10.5 Å². The highest BCUT2D eigenvalue weighted by molar-refractivity contribution is 5.29. The minimum Gasteiger partial charge on any atom is -0.491 e. The van der Waals surface area contributed by atoms with Crippen LogP contribution in [0.15, 0.2) is 24.3 Å². The summed E-state index contributed by atoms with van der Waals surface area (Å²) in [5.41, 5.74) is 7.04. The Hall–Kier alpha value is -1.06. The molecular weight excluding hydrogens is 238 g/mol. The van der Waals surface area contributed by atoms with Crippen LogP contribution in [0.4, 0.5) is 0 Å². The Labute approximate surface area is 116 Å². The van der Waals surface area contributed by atoms with E-state index in [4.69, 9.17) is 10.5 Å². The van der Waals surface area contributed by atoms with E-state index in [9.17, 15) is 5.11 Å². The van der Waals surface area contributed by atoms with Crippen molar-refractivity contribution in [1.82, 2.24) is 0 Å². The Morgan fingerprint density at radius 3 is 2.11 bits per heavy atom. The molecule has 0 amide bonds. The largest absolute Gasteiger partial charge is 0.491 e. The molecule has 0 aliphatic rings. The third kappa shape index (κ3) is 5.62. The minimum absolute atomic E-state index is 0.163. The van der Waals surface area contributed by atoms with Crippen LogP contribution in [0.2, 0.25) is 0 Å². The van der Waals surface area contributed by atoms with Crippen LogP contribution in [0, 0.1) is 5.92 Å². The van der Waals surface area contributed by atoms with Crippen LogP contribution in [0.1, 0.15) is 52.1 Å². The molecule has 3 heteroatoms. The molecule has 0 aromatic heterocycles. The normalized spacial score (nSPS) is 14.7. The van der Waals surface area contributed by atoms with Crippen LogP contribution >= 0.6 is 0 Å². The first kappa shape index (κ1) is 16.0. The second kappa shape index (κ2) is 7.51. The van der Waals surface area contributed by atoms with E-state index in [0.717, 1.165) is 24.2 Å². The molecule has 0 spiro atoms. The minimum atomic E-state index is -0.487. The van der Waals surface area contributed by atoms with E-state index in [1.54, 1.807) is 0 Å². The van der Waals surface area contributed by atoms with Gasteiger partial charge in [-0.1, -0.05) is 26.0 Å². The Kier molecular flexibility index (Phi) is 6.32. The fraction of sp³-hybridized carbons (Fsp3) is 0.625. The van der Waals surface area contributed by atoms with E-state index in [2.05, 4.69) is 13.8 Å². The molecule has 0 heterocycles. The molecular formula is C16H27NO2. The summed E-state index contributed by atoms with van der Waals surface area (Å²) in [7, 11) is 0. The van der Waals surface area contributed by atoms with E-state index in [1.807, 2.05) is 38.1 Å². The van der Waals surface area contributed by atoms with Gasteiger partial charge in [0.25, 0.3) is 0 Å². The monoisotopic (exact) mass is 265 g/mol. The second-order valence-electron chi connectivity index (χ2n) is 5.80. The van der Waals surface area contributed by atoms with Crippen LogP contribution in [0.3, 0.4) is 0 Å². The number of benzene rings is 1. The van der Waals surface area contributed by atoms with Gasteiger partial charge in [-0.05, 0) is 50.3 Å². The number of hydrogen-bond acceptors (Lipinski definition) is 3. The lowest BCUT2D eigenvalue weighted by atomic mass is 9.96. The Bertz CT molecular complexity index is 360. The summed E-state index contributed by atoms with van der Waals surface area (Å²) in [6, 6.07) is 7.35. The Morgan fingerprint density at radius 1 is 1.05 bits per heavy atom. The van der Waals surface area contributed by atoms with Crippen molar-refractivity contribution in [3.8, 4) is 5.75 Å². The summed E-state index contributed by atoms with van der Waals surface area (Å²) in [4.78, 5) is 0. The smallest absolute Gasteiger partial charge is 0.119 e. The average Bonchev–Trinajstić information content (AvgIpc) is 2.35. The van der Waals surface area contributed by atoms with Crippen LogP contribution in [-0.2, 0) is 0 Å². The van der Waals surface area contributed by atoms with Gasteiger partial charge in [0, 0.05) is 0 Å². The zero-order valence-corrected chi connectivity index (χ0v) is 12.5. The fourth-order valence-electron chi connectivity index (χ4n) is 1.95. The maximum Gasteiger partial charge on any atom is 0.119 e. The third-order valence-corrected chi connectivity index (χ3v) is 3.09. The first-order chi connectivity index (χ1) is 8.90. The molecule has 0 saturated carbocycles. The molecule has 0 aliphatic carbocycles. The summed E-state index contributed by atoms with van der Waals surface area (Å²) in [6.45, 7) is 8.29. The molecule has 1 aromatic rings. The molecule has 2 atom stereocenters. The van der Waals surface area contributed by atoms with E-state index in [1.165, 1.54) is 0 Å². The van der Waals surface area contributed by atoms with Gasteiger partial charge < -0.3 is 15.6 Å². The predicted molar refractivity (Wildman–Crippen MR) is 79.2 cm³/mol. The summed E-state index contributed by atoms with van der Waals surface area (Å²) >= 11 is 0. The molecule has 1 aromatic carbocycles. The standard InChI is InChI=1S/C16H27NO2/c1-11(2)5-10-15(18)16(17)13-6-8-14(9-7-13)19-12(3)4/h6-9,11-12,15-16,18H,5,10,17H2,1-4H3/t15-,16+/m0/s1. The topological polar surface area (TPSA) is 55.5 Å². The van der Waals surface area contributed by atoms with Gasteiger partial charge in [-0.3, -0.25) is 0 Å². The number of hydrogen-bond donors (Lipinski definition) is 2. The Morgan fingerprint density at radius 2 is 1.63 bits per heavy atom. The van der Waals surface area contributed by atoms with Crippen molar-refractivity contribution in [3.05, 3.63) is 29.8 Å². The summed E-state index contributed by atoms with van der Waals surface area (Å²) in [6.07, 6.45) is 1.40. The number of ether oxygens (including phenoxy) is 1. The first-order valence-corrected chi connectivity index (χ1v) is 7.10. The van der Waals surface area contributed by atoms with Crippen LogP contribution in [-0.4, -0.2) is 17.3 Å². The molecule has 0 radical (unpaired) electrons. The van der Waals surface area contributed by atoms with Crippen molar-refractivity contribution in [1.29, 1.82) is 0 Å². The van der Waals surface area contributed by atoms with E-state index >= 15 is 0 Å². The van der Waals surface area contributed by atoms with Gasteiger partial charge in [0.1, 0.15) is 5.75 Å². The summed E-state index contributed by atoms with van der Waals surface area (Å²) in [5, 5.41) is 10.1. The molecule has 0 aliphatic heterocycles. The zero-order valence-electron chi connectivity index (χ0n) is 12.5. The third-order valence-electron chi connectivity index (χ3n) is 3.09. The van der Waals surface area contributed by atoms with Gasteiger partial charge in [-0.25, -0.2) is 0 Å². The van der Waals surface area contributed by atoms with E-state index in [0.29, 0.717) is 5.92 Å². The zero-order chi connectivity index (χ0) is 14.4. The van der Waals surface area contributed by atoms with Gasteiger partial charge in [0.2, 0.25) is 0 Å². The van der Waals surface area contributed by atoms with Crippen molar-refractivity contribution in [2.24, 2.45) is 11.7 Å². The van der Waals surface area contributed by atoms with Crippen LogP contribution in [0.5, 0.6) is 5.75 Å². The lowest BCUT2D eigenvalue weighted by Gasteiger charge is -2.20. The number of nitrogens with two attached hydrogens (primary N) is 1. The highest BCUT2D eigenvalue weighted by atomic mass is 16.5. The van der Waals surface area contributed by atoms with Crippen molar-refractivity contribution >= 4 is 0 Å². The molecule has 1 rings (SSSR count). The first-order valence-electron chi connectivity index (χ1n) is 7.10.